The van der Waals surface area contributed by atoms with Gasteiger partial charge in [0.1, 0.15) is 5.76 Å². The van der Waals surface area contributed by atoms with Gasteiger partial charge in [-0.15, -0.1) is 0 Å². The molecular formula is C16H23BrN3O+. The first kappa shape index (κ1) is 16.2. The van der Waals surface area contributed by atoms with Crippen molar-refractivity contribution in [3.8, 4) is 0 Å². The van der Waals surface area contributed by atoms with Gasteiger partial charge in [0, 0.05) is 31.0 Å². The minimum Gasteiger partial charge on any atom is -0.453 e. The Bertz CT molecular complexity index is 534. The molecule has 0 radical (unpaired) electrons. The van der Waals surface area contributed by atoms with Crippen molar-refractivity contribution in [1.29, 1.82) is 0 Å². The molecule has 0 saturated heterocycles. The molecule has 0 fully saturated rings. The molecule has 0 unspecified atom stereocenters. The highest BCUT2D eigenvalue weighted by Gasteiger charge is 2.12. The molecule has 4 nitrogen and oxygen atoms in total. The van der Waals surface area contributed by atoms with Crippen LogP contribution < -0.4 is 4.90 Å². The van der Waals surface area contributed by atoms with Crippen molar-refractivity contribution in [2.45, 2.75) is 20.0 Å². The predicted octanol–water partition coefficient (Wildman–Crippen LogP) is 1.89. The van der Waals surface area contributed by atoms with E-state index < -0.39 is 0 Å². The highest BCUT2D eigenvalue weighted by molar-refractivity contribution is 9.10. The molecule has 2 aromatic rings. The highest BCUT2D eigenvalue weighted by atomic mass is 79.9. The van der Waals surface area contributed by atoms with Crippen molar-refractivity contribution in [3.63, 3.8) is 0 Å². The molecule has 0 aliphatic heterocycles. The Hall–Kier alpha value is -1.17. The molecule has 2 aromatic heterocycles. The fraction of sp³-hybridized carbons (Fsp3) is 0.438. The predicted molar refractivity (Wildman–Crippen MR) is 87.2 cm³/mol. The monoisotopic (exact) mass is 352 g/mol. The summed E-state index contributed by atoms with van der Waals surface area (Å²) in [4.78, 5) is 7.94. The van der Waals surface area contributed by atoms with Crippen LogP contribution in [-0.4, -0.2) is 37.1 Å². The summed E-state index contributed by atoms with van der Waals surface area (Å²) in [6.07, 6.45) is 3.69. The van der Waals surface area contributed by atoms with Crippen LogP contribution in [0.4, 0.5) is 0 Å². The fourth-order valence-corrected chi connectivity index (χ4v) is 2.49. The molecule has 2 heterocycles. The maximum atomic E-state index is 5.75. The fourth-order valence-electron chi connectivity index (χ4n) is 2.16. The Morgan fingerprint density at radius 2 is 1.95 bits per heavy atom. The van der Waals surface area contributed by atoms with Crippen molar-refractivity contribution in [2.75, 3.05) is 27.2 Å². The summed E-state index contributed by atoms with van der Waals surface area (Å²) in [7, 11) is 4.36. The van der Waals surface area contributed by atoms with E-state index in [1.807, 2.05) is 19.3 Å². The standard InChI is InChI=1S/C16H22BrN3O/c1-13-10-15(21-16(13)17)12-20(9-8-19(2)3)11-14-4-6-18-7-5-14/h4-7,10H,8-9,11-12H2,1-3H3/p+1. The Balaban J connectivity index is 2.04. The molecule has 0 spiro atoms. The molecule has 1 N–H and O–H groups in total. The summed E-state index contributed by atoms with van der Waals surface area (Å²) in [5, 5.41) is 0. The van der Waals surface area contributed by atoms with Gasteiger partial charge in [-0.2, -0.15) is 0 Å². The van der Waals surface area contributed by atoms with Crippen LogP contribution in [-0.2, 0) is 13.1 Å². The molecule has 0 bridgehead atoms. The van der Waals surface area contributed by atoms with Gasteiger partial charge in [-0.05, 0) is 46.6 Å². The van der Waals surface area contributed by atoms with Crippen molar-refractivity contribution in [1.82, 2.24) is 9.88 Å². The van der Waals surface area contributed by atoms with E-state index in [-0.39, 0.29) is 0 Å². The Labute approximate surface area is 134 Å². The summed E-state index contributed by atoms with van der Waals surface area (Å²) >= 11 is 3.44. The van der Waals surface area contributed by atoms with Crippen LogP contribution in [0.2, 0.25) is 0 Å². The third-order valence-corrected chi connectivity index (χ3v) is 4.16. The number of nitrogens with zero attached hydrogens (tertiary/aromatic N) is 2. The summed E-state index contributed by atoms with van der Waals surface area (Å²) in [6, 6.07) is 6.24. The molecule has 0 aliphatic carbocycles. The van der Waals surface area contributed by atoms with E-state index in [0.717, 1.165) is 42.2 Å². The van der Waals surface area contributed by atoms with Gasteiger partial charge < -0.3 is 9.32 Å². The van der Waals surface area contributed by atoms with Crippen LogP contribution in [0.1, 0.15) is 16.9 Å². The summed E-state index contributed by atoms with van der Waals surface area (Å²) in [6.45, 7) is 5.91. The Kier molecular flexibility index (Phi) is 5.96. The van der Waals surface area contributed by atoms with Crippen molar-refractivity contribution < 1.29 is 9.32 Å². The third-order valence-electron chi connectivity index (χ3n) is 3.37. The summed E-state index contributed by atoms with van der Waals surface area (Å²) in [5.41, 5.74) is 2.42. The van der Waals surface area contributed by atoms with Gasteiger partial charge in [-0.1, -0.05) is 0 Å². The summed E-state index contributed by atoms with van der Waals surface area (Å²) in [5.74, 6) is 1.00. The topological polar surface area (TPSA) is 33.7 Å². The highest BCUT2D eigenvalue weighted by Crippen LogP contribution is 2.21. The molecule has 5 heteroatoms. The first-order chi connectivity index (χ1) is 10.0. The van der Waals surface area contributed by atoms with Crippen LogP contribution >= 0.6 is 15.9 Å². The van der Waals surface area contributed by atoms with Crippen LogP contribution in [0, 0.1) is 6.92 Å². The minimum atomic E-state index is 0.821. The molecule has 114 valence electrons. The first-order valence-corrected chi connectivity index (χ1v) is 7.99. The van der Waals surface area contributed by atoms with E-state index in [1.54, 1.807) is 0 Å². The number of aryl methyl sites for hydroxylation is 1. The van der Waals surface area contributed by atoms with Crippen molar-refractivity contribution in [2.24, 2.45) is 0 Å². The molecule has 0 aliphatic rings. The Morgan fingerprint density at radius 3 is 2.52 bits per heavy atom. The number of aromatic nitrogens is 1. The van der Waals surface area contributed by atoms with Gasteiger partial charge >= 0.3 is 0 Å². The molecular weight excluding hydrogens is 330 g/mol. The second-order valence-corrected chi connectivity index (χ2v) is 6.41. The van der Waals surface area contributed by atoms with Gasteiger partial charge in [0.05, 0.1) is 27.2 Å². The van der Waals surface area contributed by atoms with E-state index >= 15 is 0 Å². The van der Waals surface area contributed by atoms with E-state index in [1.165, 1.54) is 10.5 Å². The number of pyridine rings is 1. The summed E-state index contributed by atoms with van der Waals surface area (Å²) < 4.78 is 6.58. The van der Waals surface area contributed by atoms with Crippen LogP contribution in [0.3, 0.4) is 0 Å². The van der Waals surface area contributed by atoms with Crippen LogP contribution in [0.15, 0.2) is 39.7 Å². The number of halogens is 1. The van der Waals surface area contributed by atoms with E-state index in [0.29, 0.717) is 0 Å². The van der Waals surface area contributed by atoms with Crippen molar-refractivity contribution >= 4 is 15.9 Å². The number of likely N-dealkylation sites (N-methyl/N-ethyl adjacent to an activating group) is 1. The average Bonchev–Trinajstić information content (AvgIpc) is 2.76. The zero-order valence-electron chi connectivity index (χ0n) is 12.9. The molecule has 2 rings (SSSR count). The Morgan fingerprint density at radius 1 is 1.24 bits per heavy atom. The van der Waals surface area contributed by atoms with Gasteiger partial charge in [-0.25, -0.2) is 0 Å². The van der Waals surface area contributed by atoms with Gasteiger partial charge in [-0.3, -0.25) is 9.88 Å². The van der Waals surface area contributed by atoms with Crippen molar-refractivity contribution in [3.05, 3.63) is 52.1 Å². The molecule has 0 amide bonds. The third kappa shape index (κ3) is 5.26. The zero-order valence-corrected chi connectivity index (χ0v) is 14.5. The lowest BCUT2D eigenvalue weighted by Crippen LogP contribution is -3.06. The van der Waals surface area contributed by atoms with E-state index in [9.17, 15) is 0 Å². The van der Waals surface area contributed by atoms with E-state index in [2.05, 4.69) is 58.1 Å². The number of quaternary nitrogens is 1. The maximum absolute atomic E-state index is 5.75. The SMILES string of the molecule is Cc1cc(CN(CC[NH+](C)C)Cc2ccncc2)oc1Br. The number of hydrogen-bond donors (Lipinski definition) is 1. The number of furan rings is 1. The maximum Gasteiger partial charge on any atom is 0.172 e. The van der Waals surface area contributed by atoms with Gasteiger partial charge in [0.2, 0.25) is 0 Å². The smallest absolute Gasteiger partial charge is 0.172 e. The number of hydrogen-bond acceptors (Lipinski definition) is 3. The molecule has 0 saturated carbocycles. The number of nitrogens with one attached hydrogen (secondary N) is 1. The van der Waals surface area contributed by atoms with Gasteiger partial charge in [0.15, 0.2) is 4.67 Å². The molecule has 0 atom stereocenters. The zero-order chi connectivity index (χ0) is 15.2. The minimum absolute atomic E-state index is 0.821. The van der Waals surface area contributed by atoms with Gasteiger partial charge in [0.25, 0.3) is 0 Å². The molecule has 0 aromatic carbocycles. The lowest BCUT2D eigenvalue weighted by Gasteiger charge is -2.22. The lowest BCUT2D eigenvalue weighted by molar-refractivity contribution is -0.857. The largest absolute Gasteiger partial charge is 0.453 e. The molecule has 21 heavy (non-hydrogen) atoms. The first-order valence-electron chi connectivity index (χ1n) is 7.19. The van der Waals surface area contributed by atoms with Crippen LogP contribution in [0.25, 0.3) is 0 Å². The van der Waals surface area contributed by atoms with Crippen LogP contribution in [0.5, 0.6) is 0 Å². The second-order valence-electron chi connectivity index (χ2n) is 5.69. The number of rotatable bonds is 7. The van der Waals surface area contributed by atoms with E-state index in [4.69, 9.17) is 4.42 Å². The lowest BCUT2D eigenvalue weighted by atomic mass is 10.2. The second kappa shape index (κ2) is 7.73. The average molecular weight is 353 g/mol. The normalized spacial score (nSPS) is 11.5. The quantitative estimate of drug-likeness (QED) is 0.826.